The van der Waals surface area contributed by atoms with E-state index < -0.39 is 11.9 Å². The van der Waals surface area contributed by atoms with Crippen LogP contribution in [-0.2, 0) is 9.59 Å². The Morgan fingerprint density at radius 3 is 1.38 bits per heavy atom. The quantitative estimate of drug-likeness (QED) is 0.648. The standard InChI is InChI=1S/C16H10N2.C2H2O4/c17-11-15-7-3-1-5-13(15)9-10-14-6-2-4-8-16(14)12-18;3-1(4)2(5)6/h1-10H;(H,3,4)(H,5,6). The molecule has 0 aliphatic rings. The summed E-state index contributed by atoms with van der Waals surface area (Å²) in [7, 11) is 0. The molecule has 6 nitrogen and oxygen atoms in total. The van der Waals surface area contributed by atoms with E-state index in [4.69, 9.17) is 30.3 Å². The third-order valence-electron chi connectivity index (χ3n) is 2.79. The lowest BCUT2D eigenvalue weighted by Gasteiger charge is -1.98. The Bertz CT molecular complexity index is 786. The van der Waals surface area contributed by atoms with Crippen molar-refractivity contribution in [2.45, 2.75) is 0 Å². The van der Waals surface area contributed by atoms with Crippen LogP contribution in [0.25, 0.3) is 12.2 Å². The fraction of sp³-hybridized carbons (Fsp3) is 0. The molecule has 0 aliphatic heterocycles. The van der Waals surface area contributed by atoms with Crippen molar-refractivity contribution in [3.63, 3.8) is 0 Å². The molecule has 2 aromatic rings. The minimum absolute atomic E-state index is 0.628. The van der Waals surface area contributed by atoms with Crippen LogP contribution in [-0.4, -0.2) is 22.2 Å². The highest BCUT2D eigenvalue weighted by atomic mass is 16.4. The molecule has 0 aliphatic carbocycles. The molecule has 2 N–H and O–H groups in total. The normalized spacial score (nSPS) is 9.25. The van der Waals surface area contributed by atoms with Gasteiger partial charge in [0, 0.05) is 0 Å². The molecule has 0 fully saturated rings. The van der Waals surface area contributed by atoms with Crippen LogP contribution in [0.15, 0.2) is 48.5 Å². The highest BCUT2D eigenvalue weighted by Crippen LogP contribution is 2.14. The van der Waals surface area contributed by atoms with Crippen LogP contribution in [0, 0.1) is 22.7 Å². The average molecular weight is 320 g/mol. The van der Waals surface area contributed by atoms with Gasteiger partial charge in [-0.15, -0.1) is 0 Å². The van der Waals surface area contributed by atoms with Crippen LogP contribution in [0.4, 0.5) is 0 Å². The molecule has 2 rings (SSSR count). The van der Waals surface area contributed by atoms with Crippen LogP contribution in [0.2, 0.25) is 0 Å². The second-order valence-corrected chi connectivity index (χ2v) is 4.34. The molecular weight excluding hydrogens is 308 g/mol. The smallest absolute Gasteiger partial charge is 0.414 e. The molecule has 0 heterocycles. The maximum absolute atomic E-state index is 9.10. The topological polar surface area (TPSA) is 122 Å². The van der Waals surface area contributed by atoms with E-state index in [1.807, 2.05) is 48.6 Å². The second-order valence-electron chi connectivity index (χ2n) is 4.34. The monoisotopic (exact) mass is 320 g/mol. The minimum atomic E-state index is -1.82. The number of hydrogen-bond donors (Lipinski definition) is 2. The van der Waals surface area contributed by atoms with Gasteiger partial charge in [0.15, 0.2) is 0 Å². The van der Waals surface area contributed by atoms with E-state index in [1.165, 1.54) is 0 Å². The maximum Gasteiger partial charge on any atom is 0.414 e. The van der Waals surface area contributed by atoms with Gasteiger partial charge in [-0.05, 0) is 23.3 Å². The predicted octanol–water partition coefficient (Wildman–Crippen LogP) is 2.76. The van der Waals surface area contributed by atoms with Crippen molar-refractivity contribution < 1.29 is 19.8 Å². The number of aliphatic carboxylic acids is 2. The van der Waals surface area contributed by atoms with Crippen LogP contribution in [0.5, 0.6) is 0 Å². The Morgan fingerprint density at radius 2 is 1.08 bits per heavy atom. The number of carbonyl (C=O) groups is 2. The van der Waals surface area contributed by atoms with Crippen LogP contribution in [0.3, 0.4) is 0 Å². The molecule has 0 amide bonds. The number of nitriles is 2. The van der Waals surface area contributed by atoms with Gasteiger partial charge in [0.05, 0.1) is 23.3 Å². The molecular formula is C18H12N2O4. The van der Waals surface area contributed by atoms with Crippen molar-refractivity contribution in [2.75, 3.05) is 0 Å². The summed E-state index contributed by atoms with van der Waals surface area (Å²) < 4.78 is 0. The molecule has 6 heteroatoms. The zero-order valence-electron chi connectivity index (χ0n) is 12.4. The largest absolute Gasteiger partial charge is 0.473 e. The van der Waals surface area contributed by atoms with E-state index in [0.717, 1.165) is 11.1 Å². The predicted molar refractivity (Wildman–Crippen MR) is 86.5 cm³/mol. The molecule has 0 atom stereocenters. The maximum atomic E-state index is 9.10. The highest BCUT2D eigenvalue weighted by Gasteiger charge is 2.04. The summed E-state index contributed by atoms with van der Waals surface area (Å²) in [6, 6.07) is 19.0. The number of hydrogen-bond acceptors (Lipinski definition) is 4. The van der Waals surface area contributed by atoms with Crippen LogP contribution < -0.4 is 0 Å². The summed E-state index contributed by atoms with van der Waals surface area (Å²) in [6.45, 7) is 0. The van der Waals surface area contributed by atoms with Gasteiger partial charge in [-0.3, -0.25) is 0 Å². The molecule has 0 unspecified atom stereocenters. The summed E-state index contributed by atoms with van der Waals surface area (Å²) in [5.41, 5.74) is 2.96. The first kappa shape index (κ1) is 18.1. The first-order valence-corrected chi connectivity index (χ1v) is 6.62. The summed E-state index contributed by atoms with van der Waals surface area (Å²) in [6.07, 6.45) is 3.71. The summed E-state index contributed by atoms with van der Waals surface area (Å²) in [5.74, 6) is -3.65. The number of carboxylic acid groups (broad SMARTS) is 2. The first-order valence-electron chi connectivity index (χ1n) is 6.62. The number of nitrogens with zero attached hydrogens (tertiary/aromatic N) is 2. The molecule has 0 saturated carbocycles. The van der Waals surface area contributed by atoms with Crippen molar-refractivity contribution in [1.82, 2.24) is 0 Å². The van der Waals surface area contributed by atoms with E-state index >= 15 is 0 Å². The van der Waals surface area contributed by atoms with E-state index in [-0.39, 0.29) is 0 Å². The van der Waals surface area contributed by atoms with E-state index in [9.17, 15) is 0 Å². The van der Waals surface area contributed by atoms with Gasteiger partial charge in [-0.2, -0.15) is 10.5 Å². The Morgan fingerprint density at radius 1 is 0.750 bits per heavy atom. The Labute approximate surface area is 138 Å². The van der Waals surface area contributed by atoms with E-state index in [0.29, 0.717) is 11.1 Å². The lowest BCUT2D eigenvalue weighted by atomic mass is 10.0. The Balaban J connectivity index is 0.000000413. The van der Waals surface area contributed by atoms with Gasteiger partial charge in [0.25, 0.3) is 0 Å². The molecule has 0 spiro atoms. The van der Waals surface area contributed by atoms with Gasteiger partial charge in [-0.1, -0.05) is 48.6 Å². The lowest BCUT2D eigenvalue weighted by Crippen LogP contribution is -2.09. The number of carboxylic acids is 2. The van der Waals surface area contributed by atoms with Crippen molar-refractivity contribution in [3.8, 4) is 12.1 Å². The second kappa shape index (κ2) is 9.19. The lowest BCUT2D eigenvalue weighted by molar-refractivity contribution is -0.159. The fourth-order valence-electron chi connectivity index (χ4n) is 1.67. The molecule has 0 saturated heterocycles. The Kier molecular flexibility index (Phi) is 6.95. The average Bonchev–Trinajstić information content (AvgIpc) is 2.60. The van der Waals surface area contributed by atoms with Gasteiger partial charge < -0.3 is 10.2 Å². The van der Waals surface area contributed by atoms with Gasteiger partial charge in [0.2, 0.25) is 0 Å². The summed E-state index contributed by atoms with van der Waals surface area (Å²) in [4.78, 5) is 18.2. The zero-order valence-corrected chi connectivity index (χ0v) is 12.4. The summed E-state index contributed by atoms with van der Waals surface area (Å²) >= 11 is 0. The fourth-order valence-corrected chi connectivity index (χ4v) is 1.67. The third kappa shape index (κ3) is 5.47. The highest BCUT2D eigenvalue weighted by molar-refractivity contribution is 6.27. The van der Waals surface area contributed by atoms with Crippen LogP contribution >= 0.6 is 0 Å². The van der Waals surface area contributed by atoms with Crippen molar-refractivity contribution in [3.05, 3.63) is 70.8 Å². The van der Waals surface area contributed by atoms with Gasteiger partial charge in [-0.25, -0.2) is 9.59 Å². The van der Waals surface area contributed by atoms with Crippen molar-refractivity contribution in [1.29, 1.82) is 10.5 Å². The van der Waals surface area contributed by atoms with E-state index in [1.54, 1.807) is 12.1 Å². The van der Waals surface area contributed by atoms with Crippen molar-refractivity contribution in [2.24, 2.45) is 0 Å². The molecule has 0 aromatic heterocycles. The summed E-state index contributed by atoms with van der Waals surface area (Å²) in [5, 5.41) is 32.7. The van der Waals surface area contributed by atoms with E-state index in [2.05, 4.69) is 12.1 Å². The first-order chi connectivity index (χ1) is 11.5. The molecule has 2 aromatic carbocycles. The van der Waals surface area contributed by atoms with Crippen LogP contribution in [0.1, 0.15) is 22.3 Å². The third-order valence-corrected chi connectivity index (χ3v) is 2.79. The molecule has 0 radical (unpaired) electrons. The number of benzene rings is 2. The Hall–Kier alpha value is -3.90. The SMILES string of the molecule is N#Cc1ccccc1C=Cc1ccccc1C#N.O=C(O)C(=O)O. The number of rotatable bonds is 2. The van der Waals surface area contributed by atoms with Gasteiger partial charge in [0.1, 0.15) is 0 Å². The molecule has 118 valence electrons. The van der Waals surface area contributed by atoms with Crippen molar-refractivity contribution >= 4 is 24.1 Å². The zero-order chi connectivity index (χ0) is 17.9. The molecule has 0 bridgehead atoms. The minimum Gasteiger partial charge on any atom is -0.473 e. The molecule has 24 heavy (non-hydrogen) atoms. The van der Waals surface area contributed by atoms with Gasteiger partial charge >= 0.3 is 11.9 Å².